The highest BCUT2D eigenvalue weighted by Crippen LogP contribution is 2.26. The molecule has 21 heavy (non-hydrogen) atoms. The Labute approximate surface area is 133 Å². The highest BCUT2D eigenvalue weighted by atomic mass is 79.9. The summed E-state index contributed by atoms with van der Waals surface area (Å²) in [4.78, 5) is 12.0. The van der Waals surface area contributed by atoms with Gasteiger partial charge in [0.25, 0.3) is 5.91 Å². The fraction of sp³-hybridized carbons (Fsp3) is 0.533. The molecule has 1 rings (SSSR count). The topological polar surface area (TPSA) is 64.3 Å². The standard InChI is InChI=1S/C15H22BrFN2O2/c1-4-15(18,5-2)9-19-14(20)10(3)21-13-7-6-11(17)8-12(13)16/h6-8,10H,4-5,9,18H2,1-3H3,(H,19,20). The molecule has 4 nitrogen and oxygen atoms in total. The molecule has 6 heteroatoms. The summed E-state index contributed by atoms with van der Waals surface area (Å²) in [6.07, 6.45) is 0.871. The van der Waals surface area contributed by atoms with Gasteiger partial charge in [0.15, 0.2) is 6.10 Å². The maximum atomic E-state index is 13.0. The van der Waals surface area contributed by atoms with Gasteiger partial charge < -0.3 is 15.8 Å². The first-order valence-electron chi connectivity index (χ1n) is 6.99. The predicted octanol–water partition coefficient (Wildman–Crippen LogP) is 2.99. The molecule has 118 valence electrons. The zero-order chi connectivity index (χ0) is 16.0. The Hall–Kier alpha value is -1.14. The first-order valence-corrected chi connectivity index (χ1v) is 7.79. The number of ether oxygens (including phenoxy) is 1. The van der Waals surface area contributed by atoms with Crippen LogP contribution in [0, 0.1) is 5.82 Å². The van der Waals surface area contributed by atoms with Gasteiger partial charge in [-0.15, -0.1) is 0 Å². The van der Waals surface area contributed by atoms with E-state index in [-0.39, 0.29) is 11.7 Å². The summed E-state index contributed by atoms with van der Waals surface area (Å²) in [5.74, 6) is -0.197. The van der Waals surface area contributed by atoms with Crippen molar-refractivity contribution in [1.29, 1.82) is 0 Å². The van der Waals surface area contributed by atoms with Crippen LogP contribution in [-0.4, -0.2) is 24.1 Å². The first kappa shape index (κ1) is 17.9. The van der Waals surface area contributed by atoms with Gasteiger partial charge in [0, 0.05) is 12.1 Å². The van der Waals surface area contributed by atoms with E-state index in [4.69, 9.17) is 10.5 Å². The Morgan fingerprint density at radius 1 is 1.48 bits per heavy atom. The highest BCUT2D eigenvalue weighted by molar-refractivity contribution is 9.10. The number of hydrogen-bond donors (Lipinski definition) is 2. The summed E-state index contributed by atoms with van der Waals surface area (Å²) in [6, 6.07) is 4.05. The molecule has 0 aliphatic carbocycles. The number of benzene rings is 1. The lowest BCUT2D eigenvalue weighted by Crippen LogP contribution is -2.51. The first-order chi connectivity index (χ1) is 9.81. The number of carbonyl (C=O) groups excluding carboxylic acids is 1. The maximum absolute atomic E-state index is 13.0. The van der Waals surface area contributed by atoms with Gasteiger partial charge >= 0.3 is 0 Å². The van der Waals surface area contributed by atoms with Gasteiger partial charge in [-0.25, -0.2) is 4.39 Å². The van der Waals surface area contributed by atoms with Crippen LogP contribution in [0.1, 0.15) is 33.6 Å². The van der Waals surface area contributed by atoms with Crippen LogP contribution >= 0.6 is 15.9 Å². The van der Waals surface area contributed by atoms with E-state index in [1.807, 2.05) is 13.8 Å². The van der Waals surface area contributed by atoms with Crippen LogP contribution in [0.5, 0.6) is 5.75 Å². The number of halogens is 2. The Bertz CT molecular complexity index is 493. The lowest BCUT2D eigenvalue weighted by atomic mass is 9.94. The zero-order valence-corrected chi connectivity index (χ0v) is 14.2. The van der Waals surface area contributed by atoms with E-state index in [0.29, 0.717) is 16.8 Å². The lowest BCUT2D eigenvalue weighted by Gasteiger charge is -2.27. The SMILES string of the molecule is CCC(N)(CC)CNC(=O)C(C)Oc1ccc(F)cc1Br. The van der Waals surface area contributed by atoms with Crippen molar-refractivity contribution in [1.82, 2.24) is 5.32 Å². The average Bonchev–Trinajstić information content (AvgIpc) is 2.47. The molecule has 3 N–H and O–H groups in total. The van der Waals surface area contributed by atoms with Crippen molar-refractivity contribution in [3.05, 3.63) is 28.5 Å². The Morgan fingerprint density at radius 2 is 2.10 bits per heavy atom. The second-order valence-electron chi connectivity index (χ2n) is 5.12. The smallest absolute Gasteiger partial charge is 0.260 e. The summed E-state index contributed by atoms with van der Waals surface area (Å²) in [5, 5.41) is 2.80. The van der Waals surface area contributed by atoms with Crippen LogP contribution in [0.3, 0.4) is 0 Å². The third-order valence-corrected chi connectivity index (χ3v) is 4.21. The summed E-state index contributed by atoms with van der Waals surface area (Å²) in [6.45, 7) is 6.02. The van der Waals surface area contributed by atoms with Gasteiger partial charge in [0.1, 0.15) is 11.6 Å². The molecule has 0 spiro atoms. The second-order valence-corrected chi connectivity index (χ2v) is 5.98. The van der Waals surface area contributed by atoms with Gasteiger partial charge in [-0.1, -0.05) is 13.8 Å². The molecule has 0 aromatic heterocycles. The van der Waals surface area contributed by atoms with Crippen molar-refractivity contribution >= 4 is 21.8 Å². The molecular weight excluding hydrogens is 339 g/mol. The summed E-state index contributed by atoms with van der Waals surface area (Å²) < 4.78 is 19.0. The number of rotatable bonds is 7. The number of carbonyl (C=O) groups is 1. The van der Waals surface area contributed by atoms with E-state index in [9.17, 15) is 9.18 Å². The lowest BCUT2D eigenvalue weighted by molar-refractivity contribution is -0.127. The van der Waals surface area contributed by atoms with Gasteiger partial charge in [-0.2, -0.15) is 0 Å². The minimum absolute atomic E-state index is 0.247. The van der Waals surface area contributed by atoms with Crippen LogP contribution in [0.15, 0.2) is 22.7 Å². The fourth-order valence-corrected chi connectivity index (χ4v) is 2.17. The van der Waals surface area contributed by atoms with Gasteiger partial charge in [-0.3, -0.25) is 4.79 Å². The van der Waals surface area contributed by atoms with Crippen molar-refractivity contribution in [2.45, 2.75) is 45.3 Å². The third-order valence-electron chi connectivity index (χ3n) is 3.59. The van der Waals surface area contributed by atoms with Gasteiger partial charge in [-0.05, 0) is 53.9 Å². The predicted molar refractivity (Wildman–Crippen MR) is 84.7 cm³/mol. The maximum Gasteiger partial charge on any atom is 0.260 e. The molecule has 1 amide bonds. The van der Waals surface area contributed by atoms with Crippen LogP contribution in [0.2, 0.25) is 0 Å². The molecule has 1 atom stereocenters. The normalized spacial score (nSPS) is 12.9. The van der Waals surface area contributed by atoms with Crippen LogP contribution < -0.4 is 15.8 Å². The Balaban J connectivity index is 2.59. The number of nitrogens with one attached hydrogen (secondary N) is 1. The molecule has 0 aliphatic heterocycles. The fourth-order valence-electron chi connectivity index (χ4n) is 1.72. The Morgan fingerprint density at radius 3 is 2.62 bits per heavy atom. The zero-order valence-electron chi connectivity index (χ0n) is 12.6. The van der Waals surface area contributed by atoms with Crippen molar-refractivity contribution in [2.24, 2.45) is 5.73 Å². The van der Waals surface area contributed by atoms with E-state index >= 15 is 0 Å². The number of amides is 1. The summed E-state index contributed by atoms with van der Waals surface area (Å²) >= 11 is 3.20. The molecular formula is C15H22BrFN2O2. The van der Waals surface area contributed by atoms with E-state index in [1.165, 1.54) is 18.2 Å². The molecule has 0 bridgehead atoms. The summed E-state index contributed by atoms with van der Waals surface area (Å²) in [5.41, 5.74) is 5.74. The molecule has 1 aromatic carbocycles. The molecule has 0 fully saturated rings. The van der Waals surface area contributed by atoms with Crippen LogP contribution in [-0.2, 0) is 4.79 Å². The quantitative estimate of drug-likeness (QED) is 0.785. The minimum atomic E-state index is -0.690. The van der Waals surface area contributed by atoms with E-state index in [0.717, 1.165) is 12.8 Å². The van der Waals surface area contributed by atoms with Crippen LogP contribution in [0.25, 0.3) is 0 Å². The molecule has 0 aliphatic rings. The number of nitrogens with two attached hydrogens (primary N) is 1. The largest absolute Gasteiger partial charge is 0.480 e. The molecule has 0 saturated carbocycles. The van der Waals surface area contributed by atoms with E-state index in [1.54, 1.807) is 6.92 Å². The monoisotopic (exact) mass is 360 g/mol. The average molecular weight is 361 g/mol. The van der Waals surface area contributed by atoms with Crippen molar-refractivity contribution in [2.75, 3.05) is 6.54 Å². The highest BCUT2D eigenvalue weighted by Gasteiger charge is 2.23. The molecule has 1 unspecified atom stereocenters. The third kappa shape index (κ3) is 5.28. The van der Waals surface area contributed by atoms with E-state index in [2.05, 4.69) is 21.2 Å². The number of hydrogen-bond acceptors (Lipinski definition) is 3. The van der Waals surface area contributed by atoms with Crippen molar-refractivity contribution in [3.8, 4) is 5.75 Å². The van der Waals surface area contributed by atoms with Gasteiger partial charge in [0.05, 0.1) is 4.47 Å². The van der Waals surface area contributed by atoms with Crippen molar-refractivity contribution in [3.63, 3.8) is 0 Å². The van der Waals surface area contributed by atoms with E-state index < -0.39 is 11.6 Å². The van der Waals surface area contributed by atoms with Gasteiger partial charge in [0.2, 0.25) is 0 Å². The van der Waals surface area contributed by atoms with Crippen molar-refractivity contribution < 1.29 is 13.9 Å². The molecule has 1 aromatic rings. The second kappa shape index (κ2) is 7.75. The molecule has 0 saturated heterocycles. The van der Waals surface area contributed by atoms with Crippen LogP contribution in [0.4, 0.5) is 4.39 Å². The molecule has 0 radical (unpaired) electrons. The molecule has 0 heterocycles. The minimum Gasteiger partial charge on any atom is -0.480 e. The summed E-state index contributed by atoms with van der Waals surface area (Å²) in [7, 11) is 0. The Kier molecular flexibility index (Phi) is 6.61.